The van der Waals surface area contributed by atoms with Gasteiger partial charge in [0.25, 0.3) is 0 Å². The number of alkyl halides is 1. The molecule has 0 bridgehead atoms. The molecule has 5 unspecified atom stereocenters. The summed E-state index contributed by atoms with van der Waals surface area (Å²) in [6.07, 6.45) is 2.30. The molecule has 0 aromatic rings. The number of esters is 2. The Bertz CT molecular complexity index is 662. The summed E-state index contributed by atoms with van der Waals surface area (Å²) in [7, 11) is 1.31. The van der Waals surface area contributed by atoms with Gasteiger partial charge in [0.15, 0.2) is 0 Å². The van der Waals surface area contributed by atoms with Gasteiger partial charge in [-0.3, -0.25) is 14.6 Å². The van der Waals surface area contributed by atoms with E-state index in [4.69, 9.17) is 14.2 Å². The van der Waals surface area contributed by atoms with Gasteiger partial charge in [-0.15, -0.1) is 0 Å². The van der Waals surface area contributed by atoms with Gasteiger partial charge in [0.05, 0.1) is 20.3 Å². The molecule has 8 nitrogen and oxygen atoms in total. The van der Waals surface area contributed by atoms with E-state index >= 15 is 0 Å². The minimum atomic E-state index is -0.947. The van der Waals surface area contributed by atoms with Gasteiger partial charge in [-0.1, -0.05) is 0 Å². The molecule has 2 saturated heterocycles. The molecule has 0 aromatic carbocycles. The number of amides is 1. The number of hydrogen-bond acceptors (Lipinski definition) is 7. The first-order chi connectivity index (χ1) is 14.9. The first-order valence-corrected chi connectivity index (χ1v) is 11.5. The van der Waals surface area contributed by atoms with Gasteiger partial charge in [-0.25, -0.2) is 14.0 Å². The smallest absolute Gasteiger partial charge is 0.410 e. The number of carbonyl (C=O) groups is 3. The maximum Gasteiger partial charge on any atom is 0.410 e. The molecule has 3 rings (SSSR count). The molecule has 0 radical (unpaired) electrons. The van der Waals surface area contributed by atoms with Crippen LogP contribution < -0.4 is 0 Å². The number of rotatable bonds is 5. The quantitative estimate of drug-likeness (QED) is 0.478. The van der Waals surface area contributed by atoms with E-state index in [9.17, 15) is 18.8 Å². The second kappa shape index (κ2) is 10.6. The first-order valence-electron chi connectivity index (χ1n) is 11.5. The van der Waals surface area contributed by atoms with Crippen LogP contribution in [0.2, 0.25) is 0 Å². The average Bonchev–Trinajstić information content (AvgIpc) is 2.77. The summed E-state index contributed by atoms with van der Waals surface area (Å²) < 4.78 is 29.6. The van der Waals surface area contributed by atoms with E-state index in [1.807, 2.05) is 4.90 Å². The Hall–Kier alpha value is -1.90. The van der Waals surface area contributed by atoms with Crippen LogP contribution in [0.3, 0.4) is 0 Å². The third-order valence-corrected chi connectivity index (χ3v) is 7.00. The highest BCUT2D eigenvalue weighted by Gasteiger charge is 2.47. The molecule has 1 aliphatic carbocycles. The van der Waals surface area contributed by atoms with Gasteiger partial charge in [-0.05, 0) is 64.2 Å². The van der Waals surface area contributed by atoms with Crippen molar-refractivity contribution in [1.29, 1.82) is 0 Å². The van der Waals surface area contributed by atoms with Gasteiger partial charge in [0.1, 0.15) is 18.3 Å². The largest absolute Gasteiger partial charge is 0.465 e. The van der Waals surface area contributed by atoms with Gasteiger partial charge >= 0.3 is 18.0 Å². The number of fused-ring (bicyclic) bond motifs is 1. The van der Waals surface area contributed by atoms with E-state index in [2.05, 4.69) is 0 Å². The second-order valence-corrected chi connectivity index (χ2v) is 8.75. The number of likely N-dealkylation sites (tertiary alicyclic amines) is 2. The van der Waals surface area contributed by atoms with Gasteiger partial charge in [0, 0.05) is 19.1 Å². The highest BCUT2D eigenvalue weighted by atomic mass is 19.1. The minimum Gasteiger partial charge on any atom is -0.465 e. The van der Waals surface area contributed by atoms with Crippen LogP contribution in [0.15, 0.2) is 0 Å². The summed E-state index contributed by atoms with van der Waals surface area (Å²) in [5.41, 5.74) is 0. The summed E-state index contributed by atoms with van der Waals surface area (Å²) in [6.45, 7) is 4.75. The van der Waals surface area contributed by atoms with Crippen molar-refractivity contribution in [1.82, 2.24) is 9.80 Å². The van der Waals surface area contributed by atoms with E-state index in [1.54, 1.807) is 13.8 Å². The van der Waals surface area contributed by atoms with E-state index in [-0.39, 0.29) is 37.0 Å². The van der Waals surface area contributed by atoms with Crippen molar-refractivity contribution >= 4 is 18.0 Å². The third kappa shape index (κ3) is 5.30. The Balaban J connectivity index is 1.74. The number of nitrogens with zero attached hydrogens (tertiary/aromatic N) is 2. The fraction of sp³-hybridized carbons (Fsp3) is 0.864. The molecule has 3 fully saturated rings. The van der Waals surface area contributed by atoms with Crippen LogP contribution in [-0.2, 0) is 23.8 Å². The van der Waals surface area contributed by atoms with E-state index in [0.717, 1.165) is 19.3 Å². The van der Waals surface area contributed by atoms with Crippen LogP contribution in [0.1, 0.15) is 52.4 Å². The van der Waals surface area contributed by atoms with E-state index < -0.39 is 30.3 Å². The molecule has 0 N–H and O–H groups in total. The molecule has 1 saturated carbocycles. The summed E-state index contributed by atoms with van der Waals surface area (Å²) in [4.78, 5) is 40.8. The molecule has 31 heavy (non-hydrogen) atoms. The number of carbonyl (C=O) groups excluding carboxylic acids is 3. The van der Waals surface area contributed by atoms with Crippen molar-refractivity contribution in [2.75, 3.05) is 33.4 Å². The summed E-state index contributed by atoms with van der Waals surface area (Å²) in [5, 5.41) is 0. The molecule has 9 heteroatoms. The molecule has 1 amide bonds. The highest BCUT2D eigenvalue weighted by Crippen LogP contribution is 2.42. The molecule has 0 aromatic heterocycles. The number of methoxy groups -OCH3 is 1. The Kier molecular flexibility index (Phi) is 8.13. The normalized spacial score (nSPS) is 33.9. The lowest BCUT2D eigenvalue weighted by Gasteiger charge is -2.50. The van der Waals surface area contributed by atoms with Gasteiger partial charge in [-0.2, -0.15) is 0 Å². The molecule has 0 spiro atoms. The van der Waals surface area contributed by atoms with Crippen molar-refractivity contribution in [3.05, 3.63) is 0 Å². The van der Waals surface area contributed by atoms with Crippen LogP contribution in [-0.4, -0.2) is 85.5 Å². The summed E-state index contributed by atoms with van der Waals surface area (Å²) >= 11 is 0. The zero-order chi connectivity index (χ0) is 22.5. The molecule has 2 heterocycles. The SMILES string of the molecule is CCOC(=O)C1CC2CC(N3C[C@@H](F)CCC3C(=O)OCC)CCC2CN1C(=O)OC. The molecule has 176 valence electrons. The summed E-state index contributed by atoms with van der Waals surface area (Å²) in [6, 6.07) is -1.03. The monoisotopic (exact) mass is 442 g/mol. The average molecular weight is 443 g/mol. The minimum absolute atomic E-state index is 0.0572. The Morgan fingerprint density at radius 2 is 1.55 bits per heavy atom. The van der Waals surface area contributed by atoms with Gasteiger partial charge in [0.2, 0.25) is 0 Å². The second-order valence-electron chi connectivity index (χ2n) is 8.75. The Labute approximate surface area is 183 Å². The predicted octanol–water partition coefficient (Wildman–Crippen LogP) is 2.54. The number of ether oxygens (including phenoxy) is 3. The lowest BCUT2D eigenvalue weighted by molar-refractivity contribution is -0.155. The predicted molar refractivity (Wildman–Crippen MR) is 110 cm³/mol. The topological polar surface area (TPSA) is 85.4 Å². The number of hydrogen-bond donors (Lipinski definition) is 0. The lowest BCUT2D eigenvalue weighted by atomic mass is 9.70. The lowest BCUT2D eigenvalue weighted by Crippen LogP contribution is -2.59. The van der Waals surface area contributed by atoms with Crippen LogP contribution in [0, 0.1) is 11.8 Å². The fourth-order valence-corrected chi connectivity index (χ4v) is 5.55. The van der Waals surface area contributed by atoms with Crippen LogP contribution in [0.5, 0.6) is 0 Å². The van der Waals surface area contributed by atoms with Crippen molar-refractivity contribution in [2.45, 2.75) is 76.7 Å². The summed E-state index contributed by atoms with van der Waals surface area (Å²) in [5.74, 6) is -0.258. The Morgan fingerprint density at radius 1 is 0.871 bits per heavy atom. The molecule has 6 atom stereocenters. The van der Waals surface area contributed by atoms with Gasteiger partial charge < -0.3 is 14.2 Å². The molecular weight excluding hydrogens is 407 g/mol. The first kappa shape index (κ1) is 23.8. The highest BCUT2D eigenvalue weighted by molar-refractivity contribution is 5.81. The fourth-order valence-electron chi connectivity index (χ4n) is 5.55. The maximum absolute atomic E-state index is 14.3. The van der Waals surface area contributed by atoms with Crippen molar-refractivity contribution < 1.29 is 33.0 Å². The zero-order valence-corrected chi connectivity index (χ0v) is 18.8. The third-order valence-electron chi connectivity index (χ3n) is 7.00. The van der Waals surface area contributed by atoms with Crippen molar-refractivity contribution in [3.63, 3.8) is 0 Å². The maximum atomic E-state index is 14.3. The van der Waals surface area contributed by atoms with Crippen LogP contribution in [0.25, 0.3) is 0 Å². The zero-order valence-electron chi connectivity index (χ0n) is 18.8. The van der Waals surface area contributed by atoms with E-state index in [1.165, 1.54) is 12.0 Å². The molecule has 3 aliphatic rings. The van der Waals surface area contributed by atoms with Crippen LogP contribution >= 0.6 is 0 Å². The van der Waals surface area contributed by atoms with E-state index in [0.29, 0.717) is 32.4 Å². The molecule has 2 aliphatic heterocycles. The van der Waals surface area contributed by atoms with Crippen molar-refractivity contribution in [2.24, 2.45) is 11.8 Å². The van der Waals surface area contributed by atoms with Crippen molar-refractivity contribution in [3.8, 4) is 0 Å². The standard InChI is InChI=1S/C22H35FN2O6/c1-4-30-20(26)18-9-7-16(23)13-24(18)17-8-6-14-12-25(22(28)29-3)19(11-15(14)10-17)21(27)31-5-2/h14-19H,4-13H2,1-3H3/t14?,15?,16-,17?,18?,19?/m0/s1. The van der Waals surface area contributed by atoms with Crippen LogP contribution in [0.4, 0.5) is 9.18 Å². The number of halogens is 1. The molecular formula is C22H35FN2O6. The Morgan fingerprint density at radius 3 is 2.19 bits per heavy atom. The number of piperidine rings is 2.